The van der Waals surface area contributed by atoms with Gasteiger partial charge in [-0.15, -0.1) is 0 Å². The van der Waals surface area contributed by atoms with Gasteiger partial charge in [-0.1, -0.05) is 54.1 Å². The minimum atomic E-state index is 0.693. The summed E-state index contributed by atoms with van der Waals surface area (Å²) < 4.78 is 0. The predicted octanol–water partition coefficient (Wildman–Crippen LogP) is 4.77. The second kappa shape index (κ2) is 8.49. The van der Waals surface area contributed by atoms with E-state index in [4.69, 9.17) is 11.6 Å². The average molecular weight is 353 g/mol. The second-order valence-electron chi connectivity index (χ2n) is 5.72. The maximum absolute atomic E-state index is 5.92. The van der Waals surface area contributed by atoms with E-state index >= 15 is 0 Å². The van der Waals surface area contributed by atoms with Crippen LogP contribution in [0.15, 0.2) is 66.9 Å². The van der Waals surface area contributed by atoms with Crippen LogP contribution in [0.25, 0.3) is 0 Å². The van der Waals surface area contributed by atoms with Crippen molar-refractivity contribution in [3.8, 4) is 0 Å². The van der Waals surface area contributed by atoms with Gasteiger partial charge in [0.05, 0.1) is 0 Å². The van der Waals surface area contributed by atoms with E-state index in [1.165, 1.54) is 5.56 Å². The van der Waals surface area contributed by atoms with Crippen molar-refractivity contribution in [3.05, 3.63) is 83.0 Å². The normalized spacial score (nSPS) is 10.5. The Kier molecular flexibility index (Phi) is 5.86. The average Bonchev–Trinajstić information content (AvgIpc) is 2.67. The zero-order valence-corrected chi connectivity index (χ0v) is 14.9. The molecule has 0 amide bonds. The van der Waals surface area contributed by atoms with Gasteiger partial charge in [-0.25, -0.2) is 4.98 Å². The molecule has 0 atom stereocenters. The lowest BCUT2D eigenvalue weighted by atomic mass is 10.2. The summed E-state index contributed by atoms with van der Waals surface area (Å²) in [7, 11) is 0. The van der Waals surface area contributed by atoms with Crippen LogP contribution in [-0.2, 0) is 13.1 Å². The van der Waals surface area contributed by atoms with E-state index in [2.05, 4.69) is 39.2 Å². The van der Waals surface area contributed by atoms with Crippen molar-refractivity contribution in [3.63, 3.8) is 0 Å². The van der Waals surface area contributed by atoms with Crippen LogP contribution >= 0.6 is 11.6 Å². The molecule has 1 aromatic heterocycles. The fourth-order valence-corrected chi connectivity index (χ4v) is 2.65. The molecule has 25 heavy (non-hydrogen) atoms. The third-order valence-corrected chi connectivity index (χ3v) is 4.16. The summed E-state index contributed by atoms with van der Waals surface area (Å²) in [6.07, 6.45) is 1.79. The summed E-state index contributed by atoms with van der Waals surface area (Å²) >= 11 is 5.92. The summed E-state index contributed by atoms with van der Waals surface area (Å²) in [5.41, 5.74) is 2.40. The zero-order valence-electron chi connectivity index (χ0n) is 14.2. The first kappa shape index (κ1) is 17.2. The lowest BCUT2D eigenvalue weighted by Crippen LogP contribution is -2.24. The van der Waals surface area contributed by atoms with Gasteiger partial charge < -0.3 is 10.2 Å². The van der Waals surface area contributed by atoms with Crippen molar-refractivity contribution in [1.29, 1.82) is 0 Å². The van der Waals surface area contributed by atoms with Crippen molar-refractivity contribution < 1.29 is 0 Å². The Bertz CT molecular complexity index is 790. The third kappa shape index (κ3) is 4.94. The summed E-state index contributed by atoms with van der Waals surface area (Å²) in [6, 6.07) is 20.0. The van der Waals surface area contributed by atoms with Crippen LogP contribution in [0.1, 0.15) is 18.1 Å². The Morgan fingerprint density at radius 3 is 2.44 bits per heavy atom. The number of benzene rings is 2. The molecule has 1 N–H and O–H groups in total. The highest BCUT2D eigenvalue weighted by molar-refractivity contribution is 6.30. The van der Waals surface area contributed by atoms with Gasteiger partial charge in [0.2, 0.25) is 5.95 Å². The minimum Gasteiger partial charge on any atom is -0.366 e. The molecule has 4 nitrogen and oxygen atoms in total. The van der Waals surface area contributed by atoms with Crippen molar-refractivity contribution in [1.82, 2.24) is 9.97 Å². The SMILES string of the molecule is CCN(Cc1ccccc1)c1nccc(NCc2ccc(Cl)cc2)n1. The van der Waals surface area contributed by atoms with Gasteiger partial charge in [0, 0.05) is 30.9 Å². The fraction of sp³-hybridized carbons (Fsp3) is 0.200. The quantitative estimate of drug-likeness (QED) is 0.665. The molecule has 0 aliphatic rings. The number of hydrogen-bond acceptors (Lipinski definition) is 4. The summed E-state index contributed by atoms with van der Waals surface area (Å²) in [5, 5.41) is 4.09. The number of anilines is 2. The smallest absolute Gasteiger partial charge is 0.227 e. The Morgan fingerprint density at radius 1 is 0.960 bits per heavy atom. The summed E-state index contributed by atoms with van der Waals surface area (Å²) in [4.78, 5) is 11.2. The van der Waals surface area contributed by atoms with Gasteiger partial charge in [-0.3, -0.25) is 0 Å². The fourth-order valence-electron chi connectivity index (χ4n) is 2.52. The van der Waals surface area contributed by atoms with Crippen LogP contribution in [-0.4, -0.2) is 16.5 Å². The Balaban J connectivity index is 1.68. The Hall–Kier alpha value is -2.59. The van der Waals surface area contributed by atoms with Gasteiger partial charge >= 0.3 is 0 Å². The van der Waals surface area contributed by atoms with E-state index in [1.807, 2.05) is 48.5 Å². The van der Waals surface area contributed by atoms with E-state index < -0.39 is 0 Å². The number of nitrogens with zero attached hydrogens (tertiary/aromatic N) is 3. The molecule has 5 heteroatoms. The van der Waals surface area contributed by atoms with Gasteiger partial charge in [-0.2, -0.15) is 4.98 Å². The molecular weight excluding hydrogens is 332 g/mol. The van der Waals surface area contributed by atoms with Gasteiger partial charge in [0.25, 0.3) is 0 Å². The van der Waals surface area contributed by atoms with Crippen LogP contribution in [0.3, 0.4) is 0 Å². The van der Waals surface area contributed by atoms with E-state index in [1.54, 1.807) is 6.20 Å². The molecule has 0 bridgehead atoms. The number of halogens is 1. The lowest BCUT2D eigenvalue weighted by molar-refractivity contribution is 0.791. The Labute approximate surface area is 153 Å². The maximum Gasteiger partial charge on any atom is 0.227 e. The molecular formula is C20H21ClN4. The highest BCUT2D eigenvalue weighted by Crippen LogP contribution is 2.15. The topological polar surface area (TPSA) is 41.1 Å². The van der Waals surface area contributed by atoms with Gasteiger partial charge in [0.15, 0.2) is 0 Å². The summed E-state index contributed by atoms with van der Waals surface area (Å²) in [5.74, 6) is 1.54. The lowest BCUT2D eigenvalue weighted by Gasteiger charge is -2.21. The highest BCUT2D eigenvalue weighted by atomic mass is 35.5. The van der Waals surface area contributed by atoms with E-state index in [0.29, 0.717) is 6.54 Å². The molecule has 1 heterocycles. The van der Waals surface area contributed by atoms with Crippen molar-refractivity contribution in [2.24, 2.45) is 0 Å². The number of aromatic nitrogens is 2. The second-order valence-corrected chi connectivity index (χ2v) is 6.16. The van der Waals surface area contributed by atoms with Crippen molar-refractivity contribution in [2.45, 2.75) is 20.0 Å². The number of rotatable bonds is 7. The molecule has 0 saturated carbocycles. The molecule has 0 aliphatic carbocycles. The summed E-state index contributed by atoms with van der Waals surface area (Å²) in [6.45, 7) is 4.44. The van der Waals surface area contributed by atoms with Crippen LogP contribution in [0, 0.1) is 0 Å². The largest absolute Gasteiger partial charge is 0.366 e. The van der Waals surface area contributed by atoms with Crippen LogP contribution in [0.4, 0.5) is 11.8 Å². The predicted molar refractivity (Wildman–Crippen MR) is 104 cm³/mol. The van der Waals surface area contributed by atoms with Gasteiger partial charge in [-0.05, 0) is 36.2 Å². The number of nitrogens with one attached hydrogen (secondary N) is 1. The first-order chi connectivity index (χ1) is 12.2. The minimum absolute atomic E-state index is 0.693. The van der Waals surface area contributed by atoms with E-state index in [0.717, 1.165) is 35.4 Å². The highest BCUT2D eigenvalue weighted by Gasteiger charge is 2.09. The van der Waals surface area contributed by atoms with Gasteiger partial charge in [0.1, 0.15) is 5.82 Å². The first-order valence-corrected chi connectivity index (χ1v) is 8.72. The molecule has 128 valence electrons. The van der Waals surface area contributed by atoms with Crippen LogP contribution < -0.4 is 10.2 Å². The molecule has 0 spiro atoms. The van der Waals surface area contributed by atoms with E-state index in [9.17, 15) is 0 Å². The molecule has 0 radical (unpaired) electrons. The van der Waals surface area contributed by atoms with Crippen LogP contribution in [0.2, 0.25) is 5.02 Å². The zero-order chi connectivity index (χ0) is 17.5. The monoisotopic (exact) mass is 352 g/mol. The molecule has 0 fully saturated rings. The van der Waals surface area contributed by atoms with Crippen molar-refractivity contribution in [2.75, 3.05) is 16.8 Å². The molecule has 0 unspecified atom stereocenters. The number of hydrogen-bond donors (Lipinski definition) is 1. The molecule has 0 saturated heterocycles. The molecule has 0 aliphatic heterocycles. The Morgan fingerprint density at radius 2 is 1.72 bits per heavy atom. The van der Waals surface area contributed by atoms with Crippen molar-refractivity contribution >= 4 is 23.4 Å². The molecule has 3 aromatic rings. The first-order valence-electron chi connectivity index (χ1n) is 8.35. The molecule has 3 rings (SSSR count). The third-order valence-electron chi connectivity index (χ3n) is 3.91. The maximum atomic E-state index is 5.92. The van der Waals surface area contributed by atoms with Crippen LogP contribution in [0.5, 0.6) is 0 Å². The molecule has 2 aromatic carbocycles. The standard InChI is InChI=1S/C20H21ClN4/c1-2-25(15-17-6-4-3-5-7-17)20-22-13-12-19(24-20)23-14-16-8-10-18(21)11-9-16/h3-13H,2,14-15H2,1H3,(H,22,23,24). The van der Waals surface area contributed by atoms with E-state index in [-0.39, 0.29) is 0 Å².